The second-order valence-electron chi connectivity index (χ2n) is 5.32. The van der Waals surface area contributed by atoms with Crippen molar-refractivity contribution >= 4 is 11.5 Å². The number of carbonyl (C=O) groups excluding carboxylic acids is 1. The molecule has 2 N–H and O–H groups in total. The van der Waals surface area contributed by atoms with Crippen LogP contribution in [0.5, 0.6) is 0 Å². The van der Waals surface area contributed by atoms with Crippen molar-refractivity contribution in [2.45, 2.75) is 25.2 Å². The summed E-state index contributed by atoms with van der Waals surface area (Å²) in [6.07, 6.45) is 3.75. The fraction of sp³-hybridized carbons (Fsp3) is 0.235. The van der Waals surface area contributed by atoms with Crippen LogP contribution in [-0.4, -0.2) is 5.78 Å². The van der Waals surface area contributed by atoms with Gasteiger partial charge in [-0.05, 0) is 42.5 Å². The summed E-state index contributed by atoms with van der Waals surface area (Å²) >= 11 is 0. The fourth-order valence-electron chi connectivity index (χ4n) is 2.48. The van der Waals surface area contributed by atoms with E-state index in [9.17, 15) is 9.18 Å². The summed E-state index contributed by atoms with van der Waals surface area (Å²) in [6, 6.07) is 11.8. The molecule has 1 fully saturated rings. The van der Waals surface area contributed by atoms with Crippen LogP contribution in [0.1, 0.15) is 46.7 Å². The van der Waals surface area contributed by atoms with Crippen LogP contribution in [0.2, 0.25) is 0 Å². The number of carbonyl (C=O) groups is 1. The molecule has 0 saturated heterocycles. The van der Waals surface area contributed by atoms with E-state index in [1.165, 1.54) is 37.0 Å². The SMILES string of the molecule is Nc1ccc(C(=O)c2ccc(C3CCC3)cc2)cc1F. The van der Waals surface area contributed by atoms with Gasteiger partial charge in [-0.2, -0.15) is 0 Å². The lowest BCUT2D eigenvalue weighted by Gasteiger charge is -2.25. The van der Waals surface area contributed by atoms with Gasteiger partial charge in [0, 0.05) is 11.1 Å². The van der Waals surface area contributed by atoms with Crippen LogP contribution >= 0.6 is 0 Å². The summed E-state index contributed by atoms with van der Waals surface area (Å²) < 4.78 is 13.4. The largest absolute Gasteiger partial charge is 0.396 e. The molecule has 3 rings (SSSR count). The molecular weight excluding hydrogens is 253 g/mol. The van der Waals surface area contributed by atoms with E-state index >= 15 is 0 Å². The Balaban J connectivity index is 1.84. The van der Waals surface area contributed by atoms with Gasteiger partial charge in [0.05, 0.1) is 5.69 Å². The Morgan fingerprint density at radius 3 is 2.25 bits per heavy atom. The molecule has 1 saturated carbocycles. The second-order valence-corrected chi connectivity index (χ2v) is 5.32. The molecule has 102 valence electrons. The van der Waals surface area contributed by atoms with Gasteiger partial charge in [0.15, 0.2) is 5.78 Å². The molecule has 20 heavy (non-hydrogen) atoms. The first-order valence-electron chi connectivity index (χ1n) is 6.85. The molecule has 0 spiro atoms. The number of hydrogen-bond acceptors (Lipinski definition) is 2. The lowest BCUT2D eigenvalue weighted by molar-refractivity contribution is 0.103. The third kappa shape index (κ3) is 2.31. The van der Waals surface area contributed by atoms with Crippen molar-refractivity contribution in [1.29, 1.82) is 0 Å². The molecule has 2 aromatic rings. The Morgan fingerprint density at radius 1 is 1.05 bits per heavy atom. The van der Waals surface area contributed by atoms with Crippen LogP contribution in [0.15, 0.2) is 42.5 Å². The Kier molecular flexibility index (Phi) is 3.26. The van der Waals surface area contributed by atoms with E-state index in [1.807, 2.05) is 24.3 Å². The molecule has 0 unspecified atom stereocenters. The van der Waals surface area contributed by atoms with Crippen LogP contribution in [0, 0.1) is 5.82 Å². The number of benzene rings is 2. The highest BCUT2D eigenvalue weighted by atomic mass is 19.1. The molecule has 2 nitrogen and oxygen atoms in total. The Bertz CT molecular complexity index is 645. The number of ketones is 1. The number of hydrogen-bond donors (Lipinski definition) is 1. The fourth-order valence-corrected chi connectivity index (χ4v) is 2.48. The Labute approximate surface area is 117 Å². The zero-order chi connectivity index (χ0) is 14.1. The zero-order valence-electron chi connectivity index (χ0n) is 11.1. The van der Waals surface area contributed by atoms with E-state index in [0.717, 1.165) is 0 Å². The molecule has 0 aromatic heterocycles. The molecule has 0 amide bonds. The zero-order valence-corrected chi connectivity index (χ0v) is 11.1. The highest BCUT2D eigenvalue weighted by molar-refractivity contribution is 6.09. The monoisotopic (exact) mass is 269 g/mol. The van der Waals surface area contributed by atoms with Gasteiger partial charge in [-0.3, -0.25) is 4.79 Å². The van der Waals surface area contributed by atoms with Gasteiger partial charge in [0.25, 0.3) is 0 Å². The summed E-state index contributed by atoms with van der Waals surface area (Å²) in [5.41, 5.74) is 7.67. The average molecular weight is 269 g/mol. The average Bonchev–Trinajstić information content (AvgIpc) is 2.40. The van der Waals surface area contributed by atoms with Crippen molar-refractivity contribution in [1.82, 2.24) is 0 Å². The lowest BCUT2D eigenvalue weighted by Crippen LogP contribution is -2.09. The van der Waals surface area contributed by atoms with E-state index in [-0.39, 0.29) is 11.5 Å². The summed E-state index contributed by atoms with van der Waals surface area (Å²) in [5.74, 6) is -0.0842. The number of nitrogen functional groups attached to an aromatic ring is 1. The molecular formula is C17H16FNO. The van der Waals surface area contributed by atoms with Gasteiger partial charge in [0.1, 0.15) is 5.82 Å². The minimum atomic E-state index is -0.554. The molecule has 0 heterocycles. The Hall–Kier alpha value is -2.16. The molecule has 0 atom stereocenters. The van der Waals surface area contributed by atoms with Crippen molar-refractivity contribution in [3.05, 3.63) is 65.0 Å². The van der Waals surface area contributed by atoms with Gasteiger partial charge in [-0.15, -0.1) is 0 Å². The quantitative estimate of drug-likeness (QED) is 0.678. The minimum absolute atomic E-state index is 0.0573. The maximum absolute atomic E-state index is 13.4. The van der Waals surface area contributed by atoms with E-state index in [4.69, 9.17) is 5.73 Å². The predicted molar refractivity (Wildman–Crippen MR) is 77.3 cm³/mol. The van der Waals surface area contributed by atoms with E-state index in [0.29, 0.717) is 17.0 Å². The van der Waals surface area contributed by atoms with Crippen molar-refractivity contribution < 1.29 is 9.18 Å². The normalized spacial score (nSPS) is 14.8. The highest BCUT2D eigenvalue weighted by Crippen LogP contribution is 2.36. The third-order valence-corrected chi connectivity index (χ3v) is 4.01. The van der Waals surface area contributed by atoms with Gasteiger partial charge in [-0.1, -0.05) is 30.7 Å². The maximum Gasteiger partial charge on any atom is 0.193 e. The molecule has 1 aliphatic carbocycles. The van der Waals surface area contributed by atoms with Crippen LogP contribution in [0.4, 0.5) is 10.1 Å². The van der Waals surface area contributed by atoms with Gasteiger partial charge >= 0.3 is 0 Å². The topological polar surface area (TPSA) is 43.1 Å². The molecule has 1 aliphatic rings. The molecule has 2 aromatic carbocycles. The van der Waals surface area contributed by atoms with Crippen molar-refractivity contribution in [3.63, 3.8) is 0 Å². The van der Waals surface area contributed by atoms with Crippen molar-refractivity contribution in [2.24, 2.45) is 0 Å². The number of rotatable bonds is 3. The van der Waals surface area contributed by atoms with Crippen LogP contribution < -0.4 is 5.73 Å². The lowest BCUT2D eigenvalue weighted by atomic mass is 9.80. The van der Waals surface area contributed by atoms with Crippen molar-refractivity contribution in [2.75, 3.05) is 5.73 Å². The summed E-state index contributed by atoms with van der Waals surface area (Å²) in [6.45, 7) is 0. The molecule has 0 bridgehead atoms. The van der Waals surface area contributed by atoms with Crippen LogP contribution in [-0.2, 0) is 0 Å². The third-order valence-electron chi connectivity index (χ3n) is 4.01. The van der Waals surface area contributed by atoms with Gasteiger partial charge < -0.3 is 5.73 Å². The van der Waals surface area contributed by atoms with E-state index in [1.54, 1.807) is 6.07 Å². The molecule has 3 heteroatoms. The Morgan fingerprint density at radius 2 is 1.70 bits per heavy atom. The second kappa shape index (κ2) is 5.08. The first-order valence-corrected chi connectivity index (χ1v) is 6.85. The van der Waals surface area contributed by atoms with Crippen LogP contribution in [0.25, 0.3) is 0 Å². The maximum atomic E-state index is 13.4. The molecule has 0 radical (unpaired) electrons. The summed E-state index contributed by atoms with van der Waals surface area (Å²) in [4.78, 5) is 12.3. The van der Waals surface area contributed by atoms with E-state index < -0.39 is 5.82 Å². The summed E-state index contributed by atoms with van der Waals surface area (Å²) in [7, 11) is 0. The highest BCUT2D eigenvalue weighted by Gasteiger charge is 2.19. The van der Waals surface area contributed by atoms with Crippen molar-refractivity contribution in [3.8, 4) is 0 Å². The minimum Gasteiger partial charge on any atom is -0.396 e. The number of halogens is 1. The van der Waals surface area contributed by atoms with Gasteiger partial charge in [-0.25, -0.2) is 4.39 Å². The smallest absolute Gasteiger partial charge is 0.193 e. The number of nitrogens with two attached hydrogens (primary N) is 1. The predicted octanol–water partition coefficient (Wildman–Crippen LogP) is 3.91. The number of anilines is 1. The van der Waals surface area contributed by atoms with Gasteiger partial charge in [0.2, 0.25) is 0 Å². The first kappa shape index (κ1) is 12.9. The van der Waals surface area contributed by atoms with E-state index in [2.05, 4.69) is 0 Å². The van der Waals surface area contributed by atoms with Crippen LogP contribution in [0.3, 0.4) is 0 Å². The summed E-state index contributed by atoms with van der Waals surface area (Å²) in [5, 5.41) is 0. The standard InChI is InChI=1S/C17H16FNO/c18-15-10-14(8-9-16(15)19)17(20)13-6-4-12(5-7-13)11-2-1-3-11/h4-11H,1-3,19H2. The molecule has 0 aliphatic heterocycles. The first-order chi connectivity index (χ1) is 9.65.